The van der Waals surface area contributed by atoms with Crippen LogP contribution in [0.4, 0.5) is 0 Å². The predicted molar refractivity (Wildman–Crippen MR) is 128 cm³/mol. The molecule has 3 nitrogen and oxygen atoms in total. The van der Waals surface area contributed by atoms with Crippen molar-refractivity contribution >= 4 is 27.0 Å². The van der Waals surface area contributed by atoms with E-state index < -0.39 is 5.60 Å². The van der Waals surface area contributed by atoms with E-state index in [0.29, 0.717) is 12.4 Å². The number of fused-ring (bicyclic) bond motifs is 1. The molecule has 0 bridgehead atoms. The lowest BCUT2D eigenvalue weighted by molar-refractivity contribution is 0.112. The van der Waals surface area contributed by atoms with Crippen LogP contribution in [0.5, 0.6) is 0 Å². The predicted octanol–water partition coefficient (Wildman–Crippen LogP) is 6.13. The minimum atomic E-state index is -1.40. The third-order valence-corrected chi connectivity index (χ3v) is 6.08. The van der Waals surface area contributed by atoms with E-state index in [0.717, 1.165) is 32.2 Å². The zero-order chi connectivity index (χ0) is 21.3. The van der Waals surface area contributed by atoms with Crippen LogP contribution in [-0.4, -0.2) is 14.7 Å². The minimum absolute atomic E-state index is 0.595. The molecule has 0 aliphatic rings. The monoisotopic (exact) mass is 468 g/mol. The van der Waals surface area contributed by atoms with Crippen molar-refractivity contribution in [3.8, 4) is 0 Å². The summed E-state index contributed by atoms with van der Waals surface area (Å²) in [4.78, 5) is 4.96. The Morgan fingerprint density at radius 3 is 2.00 bits per heavy atom. The van der Waals surface area contributed by atoms with Gasteiger partial charge in [-0.15, -0.1) is 0 Å². The molecule has 1 N–H and O–H groups in total. The molecular formula is C27H21BrN2O. The Hall–Kier alpha value is -3.21. The van der Waals surface area contributed by atoms with Crippen LogP contribution in [0.3, 0.4) is 0 Å². The number of halogens is 1. The van der Waals surface area contributed by atoms with Crippen molar-refractivity contribution in [3.05, 3.63) is 136 Å². The van der Waals surface area contributed by atoms with E-state index in [9.17, 15) is 5.11 Å². The maximum absolute atomic E-state index is 12.3. The minimum Gasteiger partial charge on any atom is -0.373 e. The van der Waals surface area contributed by atoms with Crippen molar-refractivity contribution in [3.63, 3.8) is 0 Å². The van der Waals surface area contributed by atoms with E-state index in [1.807, 2.05) is 91.0 Å². The number of para-hydroxylation sites is 2. The largest absolute Gasteiger partial charge is 0.373 e. The fourth-order valence-electron chi connectivity index (χ4n) is 4.11. The van der Waals surface area contributed by atoms with Gasteiger partial charge >= 0.3 is 0 Å². The third-order valence-electron chi connectivity index (χ3n) is 5.59. The Kier molecular flexibility index (Phi) is 5.18. The quantitative estimate of drug-likeness (QED) is 0.336. The summed E-state index contributed by atoms with van der Waals surface area (Å²) >= 11 is 3.57. The summed E-state index contributed by atoms with van der Waals surface area (Å²) in [5.74, 6) is 0.603. The van der Waals surface area contributed by atoms with Crippen molar-refractivity contribution in [1.82, 2.24) is 9.55 Å². The summed E-state index contributed by atoms with van der Waals surface area (Å²) < 4.78 is 3.15. The Morgan fingerprint density at radius 1 is 0.742 bits per heavy atom. The molecule has 152 valence electrons. The van der Waals surface area contributed by atoms with Gasteiger partial charge in [-0.05, 0) is 41.0 Å². The molecule has 0 unspecified atom stereocenters. The van der Waals surface area contributed by atoms with E-state index in [1.165, 1.54) is 0 Å². The summed E-state index contributed by atoms with van der Waals surface area (Å²) in [5, 5.41) is 12.3. The number of benzene rings is 4. The fourth-order valence-corrected chi connectivity index (χ4v) is 4.56. The first-order valence-corrected chi connectivity index (χ1v) is 11.0. The summed E-state index contributed by atoms with van der Waals surface area (Å²) in [6, 6.07) is 35.8. The van der Waals surface area contributed by atoms with Gasteiger partial charge in [0.15, 0.2) is 11.4 Å². The smallest absolute Gasteiger partial charge is 0.173 e. The van der Waals surface area contributed by atoms with Crippen LogP contribution >= 0.6 is 15.9 Å². The molecule has 0 aliphatic carbocycles. The number of aliphatic hydroxyl groups is 1. The zero-order valence-electron chi connectivity index (χ0n) is 16.8. The van der Waals surface area contributed by atoms with Gasteiger partial charge in [-0.1, -0.05) is 101 Å². The van der Waals surface area contributed by atoms with Gasteiger partial charge in [-0.2, -0.15) is 0 Å². The second-order valence-electron chi connectivity index (χ2n) is 7.58. The molecule has 0 saturated heterocycles. The van der Waals surface area contributed by atoms with Gasteiger partial charge in [0, 0.05) is 11.0 Å². The van der Waals surface area contributed by atoms with Gasteiger partial charge in [0.25, 0.3) is 0 Å². The molecule has 4 aromatic carbocycles. The first-order chi connectivity index (χ1) is 15.2. The van der Waals surface area contributed by atoms with Gasteiger partial charge in [-0.3, -0.25) is 0 Å². The number of rotatable bonds is 5. The SMILES string of the molecule is OC(c1ccccc1)(c1ccccc1)c1nc2ccccc2n1Cc1cccc(Br)c1. The Morgan fingerprint density at radius 2 is 1.35 bits per heavy atom. The Bertz CT molecular complexity index is 1290. The number of hydrogen-bond acceptors (Lipinski definition) is 2. The number of aromatic nitrogens is 2. The molecule has 0 spiro atoms. The van der Waals surface area contributed by atoms with Gasteiger partial charge < -0.3 is 9.67 Å². The molecule has 4 heteroatoms. The maximum Gasteiger partial charge on any atom is 0.173 e. The topological polar surface area (TPSA) is 38.1 Å². The number of hydrogen-bond donors (Lipinski definition) is 1. The second-order valence-corrected chi connectivity index (χ2v) is 8.50. The Balaban J connectivity index is 1.79. The molecule has 0 radical (unpaired) electrons. The van der Waals surface area contributed by atoms with Crippen molar-refractivity contribution in [2.45, 2.75) is 12.1 Å². The van der Waals surface area contributed by atoms with Crippen LogP contribution in [0.25, 0.3) is 11.0 Å². The first-order valence-electron chi connectivity index (χ1n) is 10.2. The highest BCUT2D eigenvalue weighted by Crippen LogP contribution is 2.38. The lowest BCUT2D eigenvalue weighted by Gasteiger charge is -2.29. The van der Waals surface area contributed by atoms with E-state index >= 15 is 0 Å². The first kappa shape index (κ1) is 19.7. The molecule has 0 atom stereocenters. The van der Waals surface area contributed by atoms with Crippen LogP contribution < -0.4 is 0 Å². The van der Waals surface area contributed by atoms with E-state index in [2.05, 4.69) is 38.7 Å². The van der Waals surface area contributed by atoms with Crippen LogP contribution in [0, 0.1) is 0 Å². The van der Waals surface area contributed by atoms with Crippen molar-refractivity contribution in [2.75, 3.05) is 0 Å². The summed E-state index contributed by atoms with van der Waals surface area (Å²) in [5.41, 5.74) is 3.15. The van der Waals surface area contributed by atoms with E-state index in [1.54, 1.807) is 0 Å². The van der Waals surface area contributed by atoms with Crippen LogP contribution in [0.1, 0.15) is 22.5 Å². The highest BCUT2D eigenvalue weighted by atomic mass is 79.9. The van der Waals surface area contributed by atoms with E-state index in [4.69, 9.17) is 4.98 Å². The molecule has 0 aliphatic heterocycles. The standard InChI is InChI=1S/C27H21BrN2O/c28-23-15-9-10-20(18-23)19-30-25-17-8-7-16-24(25)29-26(30)27(31,21-11-3-1-4-12-21)22-13-5-2-6-14-22/h1-18,31H,19H2. The molecule has 1 aromatic heterocycles. The normalized spacial score (nSPS) is 11.7. The van der Waals surface area contributed by atoms with Gasteiger partial charge in [0.2, 0.25) is 0 Å². The highest BCUT2D eigenvalue weighted by Gasteiger charge is 2.38. The molecule has 5 rings (SSSR count). The average Bonchev–Trinajstić information content (AvgIpc) is 3.18. The van der Waals surface area contributed by atoms with Crippen molar-refractivity contribution in [1.29, 1.82) is 0 Å². The zero-order valence-corrected chi connectivity index (χ0v) is 18.4. The van der Waals surface area contributed by atoms with Gasteiger partial charge in [-0.25, -0.2) is 4.98 Å². The third kappa shape index (κ3) is 3.58. The number of imidazole rings is 1. The molecule has 0 fully saturated rings. The lowest BCUT2D eigenvalue weighted by Crippen LogP contribution is -2.33. The van der Waals surface area contributed by atoms with Crippen molar-refractivity contribution in [2.24, 2.45) is 0 Å². The van der Waals surface area contributed by atoms with Crippen LogP contribution in [0.15, 0.2) is 114 Å². The Labute approximate surface area is 189 Å². The second kappa shape index (κ2) is 8.14. The van der Waals surface area contributed by atoms with Gasteiger partial charge in [0.05, 0.1) is 11.0 Å². The highest BCUT2D eigenvalue weighted by molar-refractivity contribution is 9.10. The molecule has 31 heavy (non-hydrogen) atoms. The molecule has 5 aromatic rings. The molecule has 0 amide bonds. The number of nitrogens with zero attached hydrogens (tertiary/aromatic N) is 2. The maximum atomic E-state index is 12.3. The van der Waals surface area contributed by atoms with Crippen molar-refractivity contribution < 1.29 is 5.11 Å². The fraction of sp³-hybridized carbons (Fsp3) is 0.0741. The molecule has 1 heterocycles. The van der Waals surface area contributed by atoms with E-state index in [-0.39, 0.29) is 0 Å². The summed E-state index contributed by atoms with van der Waals surface area (Å²) in [7, 11) is 0. The lowest BCUT2D eigenvalue weighted by atomic mass is 9.85. The average molecular weight is 469 g/mol. The molecule has 0 saturated carbocycles. The summed E-state index contributed by atoms with van der Waals surface area (Å²) in [6.45, 7) is 0.595. The molecular weight excluding hydrogens is 448 g/mol. The van der Waals surface area contributed by atoms with Crippen LogP contribution in [0.2, 0.25) is 0 Å². The summed E-state index contributed by atoms with van der Waals surface area (Å²) in [6.07, 6.45) is 0. The van der Waals surface area contributed by atoms with Gasteiger partial charge in [0.1, 0.15) is 0 Å². The van der Waals surface area contributed by atoms with Crippen LogP contribution in [-0.2, 0) is 12.1 Å².